The fourth-order valence-corrected chi connectivity index (χ4v) is 2.24. The van der Waals surface area contributed by atoms with Crippen LogP contribution in [-0.4, -0.2) is 62.1 Å². The third-order valence-corrected chi connectivity index (χ3v) is 4.04. The van der Waals surface area contributed by atoms with E-state index >= 15 is 0 Å². The zero-order chi connectivity index (χ0) is 16.0. The number of likely N-dealkylation sites (N-methyl/N-ethyl adjacent to an activating group) is 1. The molecular formula is C17H29N5. The van der Waals surface area contributed by atoms with Crippen molar-refractivity contribution in [2.45, 2.75) is 13.8 Å². The molecular weight excluding hydrogens is 274 g/mol. The Labute approximate surface area is 134 Å². The number of anilines is 1. The number of nitrogens with one attached hydrogen (secondary N) is 1. The van der Waals surface area contributed by atoms with E-state index in [2.05, 4.69) is 48.1 Å². The lowest BCUT2D eigenvalue weighted by Gasteiger charge is -2.35. The van der Waals surface area contributed by atoms with Gasteiger partial charge in [-0.25, -0.2) is 0 Å². The molecule has 0 saturated carbocycles. The fraction of sp³-hybridized carbons (Fsp3) is 0.588. The zero-order valence-electron chi connectivity index (χ0n) is 14.0. The molecule has 0 radical (unpaired) electrons. The van der Waals surface area contributed by atoms with E-state index in [-0.39, 0.29) is 5.41 Å². The number of hydrogen-bond donors (Lipinski definition) is 2. The van der Waals surface area contributed by atoms with Crippen LogP contribution in [0.15, 0.2) is 35.3 Å². The summed E-state index contributed by atoms with van der Waals surface area (Å²) < 4.78 is 0. The Morgan fingerprint density at radius 3 is 2.41 bits per heavy atom. The minimum Gasteiger partial charge on any atom is -0.340 e. The molecule has 0 amide bonds. The summed E-state index contributed by atoms with van der Waals surface area (Å²) in [7, 11) is 2.16. The minimum atomic E-state index is 0.0240. The molecule has 1 aliphatic heterocycles. The molecule has 0 atom stereocenters. The highest BCUT2D eigenvalue weighted by molar-refractivity contribution is 5.93. The zero-order valence-corrected chi connectivity index (χ0v) is 14.0. The molecule has 0 aliphatic carbocycles. The predicted octanol–water partition coefficient (Wildman–Crippen LogP) is 1.69. The van der Waals surface area contributed by atoms with Crippen LogP contribution in [0.5, 0.6) is 0 Å². The largest absolute Gasteiger partial charge is 0.340 e. The Kier molecular flexibility index (Phi) is 5.80. The Hall–Kier alpha value is -1.59. The summed E-state index contributed by atoms with van der Waals surface area (Å²) in [6.07, 6.45) is 0. The highest BCUT2D eigenvalue weighted by atomic mass is 15.3. The number of rotatable bonds is 4. The van der Waals surface area contributed by atoms with E-state index in [1.54, 1.807) is 0 Å². The van der Waals surface area contributed by atoms with E-state index < -0.39 is 0 Å². The van der Waals surface area contributed by atoms with Gasteiger partial charge in [0.25, 0.3) is 0 Å². The highest BCUT2D eigenvalue weighted by Crippen LogP contribution is 2.14. The minimum absolute atomic E-state index is 0.0240. The van der Waals surface area contributed by atoms with E-state index in [4.69, 9.17) is 10.7 Å². The van der Waals surface area contributed by atoms with Crippen molar-refractivity contribution in [2.75, 3.05) is 51.6 Å². The summed E-state index contributed by atoms with van der Waals surface area (Å²) in [6, 6.07) is 10.2. The first-order chi connectivity index (χ1) is 10.5. The maximum absolute atomic E-state index is 5.83. The summed E-state index contributed by atoms with van der Waals surface area (Å²) in [5, 5.41) is 3.48. The molecule has 3 N–H and O–H groups in total. The summed E-state index contributed by atoms with van der Waals surface area (Å²) in [5.74, 6) is 0.959. The number of aliphatic imine (C=N–C) groups is 1. The van der Waals surface area contributed by atoms with Gasteiger partial charge in [-0.05, 0) is 31.1 Å². The first-order valence-electron chi connectivity index (χ1n) is 8.00. The predicted molar refractivity (Wildman–Crippen MR) is 94.3 cm³/mol. The second-order valence-corrected chi connectivity index (χ2v) is 6.79. The maximum atomic E-state index is 5.83. The van der Waals surface area contributed by atoms with Crippen molar-refractivity contribution in [3.8, 4) is 0 Å². The molecule has 2 rings (SSSR count). The van der Waals surface area contributed by atoms with Gasteiger partial charge in [-0.3, -0.25) is 4.99 Å². The van der Waals surface area contributed by atoms with Crippen molar-refractivity contribution in [3.05, 3.63) is 30.3 Å². The topological polar surface area (TPSA) is 56.9 Å². The summed E-state index contributed by atoms with van der Waals surface area (Å²) in [4.78, 5) is 9.52. The van der Waals surface area contributed by atoms with Gasteiger partial charge in [0.1, 0.15) is 0 Å². The van der Waals surface area contributed by atoms with Gasteiger partial charge in [0.05, 0.1) is 0 Å². The number of nitrogens with two attached hydrogens (primary N) is 1. The molecule has 5 nitrogen and oxygen atoms in total. The van der Waals surface area contributed by atoms with Crippen molar-refractivity contribution < 1.29 is 0 Å². The lowest BCUT2D eigenvalue weighted by molar-refractivity contribution is 0.214. The van der Waals surface area contributed by atoms with Gasteiger partial charge in [-0.1, -0.05) is 32.0 Å². The molecule has 0 bridgehead atoms. The van der Waals surface area contributed by atoms with Crippen LogP contribution < -0.4 is 11.1 Å². The van der Waals surface area contributed by atoms with E-state index in [0.29, 0.717) is 6.54 Å². The first kappa shape index (κ1) is 16.8. The SMILES string of the molecule is CN1CCN(C(=NCC(C)(C)CN)Nc2ccccc2)CC1. The van der Waals surface area contributed by atoms with Gasteiger partial charge in [0.15, 0.2) is 5.96 Å². The van der Waals surface area contributed by atoms with Gasteiger partial charge < -0.3 is 20.9 Å². The quantitative estimate of drug-likeness (QED) is 0.656. The van der Waals surface area contributed by atoms with Crippen molar-refractivity contribution in [3.63, 3.8) is 0 Å². The number of para-hydroxylation sites is 1. The summed E-state index contributed by atoms with van der Waals surface area (Å²) >= 11 is 0. The van der Waals surface area contributed by atoms with Crippen LogP contribution in [0.25, 0.3) is 0 Å². The third kappa shape index (κ3) is 5.00. The van der Waals surface area contributed by atoms with Gasteiger partial charge in [0.2, 0.25) is 0 Å². The lowest BCUT2D eigenvalue weighted by atomic mass is 9.94. The lowest BCUT2D eigenvalue weighted by Crippen LogP contribution is -2.49. The molecule has 1 aromatic rings. The van der Waals surface area contributed by atoms with Crippen molar-refractivity contribution in [2.24, 2.45) is 16.1 Å². The maximum Gasteiger partial charge on any atom is 0.198 e. The van der Waals surface area contributed by atoms with Crippen LogP contribution in [0.1, 0.15) is 13.8 Å². The van der Waals surface area contributed by atoms with Crippen LogP contribution in [0.3, 0.4) is 0 Å². The fourth-order valence-electron chi connectivity index (χ4n) is 2.24. The first-order valence-corrected chi connectivity index (χ1v) is 8.00. The number of piperazine rings is 1. The van der Waals surface area contributed by atoms with Gasteiger partial charge >= 0.3 is 0 Å². The Morgan fingerprint density at radius 2 is 1.82 bits per heavy atom. The monoisotopic (exact) mass is 303 g/mol. The second kappa shape index (κ2) is 7.61. The number of guanidine groups is 1. The third-order valence-electron chi connectivity index (χ3n) is 4.04. The Bertz CT molecular complexity index is 475. The van der Waals surface area contributed by atoms with Crippen LogP contribution in [0.2, 0.25) is 0 Å². The van der Waals surface area contributed by atoms with E-state index in [1.807, 2.05) is 18.2 Å². The highest BCUT2D eigenvalue weighted by Gasteiger charge is 2.20. The van der Waals surface area contributed by atoms with Gasteiger partial charge in [-0.2, -0.15) is 0 Å². The molecule has 0 aromatic heterocycles. The Morgan fingerprint density at radius 1 is 1.18 bits per heavy atom. The molecule has 5 heteroatoms. The number of hydrogen-bond acceptors (Lipinski definition) is 3. The van der Waals surface area contributed by atoms with Crippen LogP contribution in [-0.2, 0) is 0 Å². The molecule has 1 saturated heterocycles. The van der Waals surface area contributed by atoms with E-state index in [0.717, 1.165) is 44.4 Å². The van der Waals surface area contributed by atoms with E-state index in [1.165, 1.54) is 0 Å². The normalized spacial score (nSPS) is 17.6. The molecule has 122 valence electrons. The number of nitrogens with zero attached hydrogens (tertiary/aromatic N) is 3. The van der Waals surface area contributed by atoms with Gasteiger partial charge in [-0.15, -0.1) is 0 Å². The average Bonchev–Trinajstić information content (AvgIpc) is 2.53. The van der Waals surface area contributed by atoms with Crippen LogP contribution >= 0.6 is 0 Å². The molecule has 1 fully saturated rings. The standard InChI is InChI=1S/C17H29N5/c1-17(2,13-18)14-19-16(20-15-7-5-4-6-8-15)22-11-9-21(3)10-12-22/h4-8H,9-14,18H2,1-3H3,(H,19,20). The molecule has 0 spiro atoms. The Balaban J connectivity index is 2.11. The molecule has 1 heterocycles. The molecule has 1 aliphatic rings. The second-order valence-electron chi connectivity index (χ2n) is 6.79. The van der Waals surface area contributed by atoms with E-state index in [9.17, 15) is 0 Å². The van der Waals surface area contributed by atoms with Crippen molar-refractivity contribution >= 4 is 11.6 Å². The number of benzene rings is 1. The van der Waals surface area contributed by atoms with Crippen LogP contribution in [0, 0.1) is 5.41 Å². The summed E-state index contributed by atoms with van der Waals surface area (Å²) in [5.41, 5.74) is 6.93. The average molecular weight is 303 g/mol. The van der Waals surface area contributed by atoms with Crippen molar-refractivity contribution in [1.29, 1.82) is 0 Å². The van der Waals surface area contributed by atoms with Crippen LogP contribution in [0.4, 0.5) is 5.69 Å². The molecule has 22 heavy (non-hydrogen) atoms. The van der Waals surface area contributed by atoms with Crippen molar-refractivity contribution in [1.82, 2.24) is 9.80 Å². The molecule has 0 unspecified atom stereocenters. The smallest absolute Gasteiger partial charge is 0.198 e. The summed E-state index contributed by atoms with van der Waals surface area (Å²) in [6.45, 7) is 9.80. The molecule has 1 aromatic carbocycles. The van der Waals surface area contributed by atoms with Gasteiger partial charge in [0, 0.05) is 38.4 Å².